The van der Waals surface area contributed by atoms with Gasteiger partial charge < -0.3 is 21.3 Å². The molecule has 1 atom stereocenters. The number of rotatable bonds is 6. The van der Waals surface area contributed by atoms with Crippen molar-refractivity contribution in [1.29, 1.82) is 0 Å². The number of halogens is 3. The summed E-state index contributed by atoms with van der Waals surface area (Å²) in [6, 6.07) is 7.27. The molecule has 0 spiro atoms. The SMILES string of the molecule is Nc1ncc([C@H]2CC[C@@H](O)CC2)nc1-c1ccc(C(=O)N[C@H](CO)c2cc(F)cc(I)c2)c(F)c1. The number of nitrogens with zero attached hydrogens (tertiary/aromatic N) is 2. The first-order valence-corrected chi connectivity index (χ1v) is 12.3. The number of aliphatic hydroxyl groups is 2. The fourth-order valence-electron chi connectivity index (χ4n) is 4.29. The molecular formula is C25H25F2IN4O3. The van der Waals surface area contributed by atoms with E-state index in [1.807, 2.05) is 22.6 Å². The second-order valence-electron chi connectivity index (χ2n) is 8.64. The number of nitrogen functional groups attached to an aromatic ring is 1. The molecule has 184 valence electrons. The molecule has 5 N–H and O–H groups in total. The molecule has 0 unspecified atom stereocenters. The van der Waals surface area contributed by atoms with Crippen molar-refractivity contribution in [2.45, 2.75) is 43.7 Å². The zero-order chi connectivity index (χ0) is 25.1. The lowest BCUT2D eigenvalue weighted by Crippen LogP contribution is -2.31. The van der Waals surface area contributed by atoms with Gasteiger partial charge >= 0.3 is 0 Å². The molecule has 4 rings (SSSR count). The van der Waals surface area contributed by atoms with Crippen molar-refractivity contribution in [2.75, 3.05) is 12.3 Å². The van der Waals surface area contributed by atoms with E-state index in [2.05, 4.69) is 15.3 Å². The Hall–Kier alpha value is -2.70. The highest BCUT2D eigenvalue weighted by Gasteiger charge is 2.24. The van der Waals surface area contributed by atoms with E-state index in [1.165, 1.54) is 30.3 Å². The Morgan fingerprint density at radius 1 is 1.17 bits per heavy atom. The van der Waals surface area contributed by atoms with E-state index in [0.717, 1.165) is 18.5 Å². The summed E-state index contributed by atoms with van der Waals surface area (Å²) in [5, 5.41) is 22.0. The zero-order valence-electron chi connectivity index (χ0n) is 18.7. The highest BCUT2D eigenvalue weighted by Crippen LogP contribution is 2.34. The van der Waals surface area contributed by atoms with Gasteiger partial charge in [-0.2, -0.15) is 0 Å². The predicted octanol–water partition coefficient (Wildman–Crippen LogP) is 4.09. The molecule has 7 nitrogen and oxygen atoms in total. The van der Waals surface area contributed by atoms with Crippen LogP contribution < -0.4 is 11.1 Å². The molecule has 1 aliphatic carbocycles. The van der Waals surface area contributed by atoms with Crippen LogP contribution in [0.5, 0.6) is 0 Å². The maximum Gasteiger partial charge on any atom is 0.254 e. The van der Waals surface area contributed by atoms with E-state index in [9.17, 15) is 23.8 Å². The van der Waals surface area contributed by atoms with E-state index < -0.39 is 30.2 Å². The third-order valence-electron chi connectivity index (χ3n) is 6.20. The highest BCUT2D eigenvalue weighted by molar-refractivity contribution is 14.1. The molecule has 1 aromatic heterocycles. The molecule has 1 aliphatic rings. The molecule has 3 aromatic rings. The van der Waals surface area contributed by atoms with Gasteiger partial charge in [-0.05, 0) is 84.2 Å². The summed E-state index contributed by atoms with van der Waals surface area (Å²) >= 11 is 1.93. The van der Waals surface area contributed by atoms with Gasteiger partial charge in [0.25, 0.3) is 5.91 Å². The molecule has 0 saturated heterocycles. The number of hydrogen-bond donors (Lipinski definition) is 4. The topological polar surface area (TPSA) is 121 Å². The molecule has 10 heteroatoms. The Morgan fingerprint density at radius 2 is 1.91 bits per heavy atom. The van der Waals surface area contributed by atoms with Gasteiger partial charge in [-0.15, -0.1) is 0 Å². The van der Waals surface area contributed by atoms with Gasteiger partial charge in [0, 0.05) is 15.1 Å². The van der Waals surface area contributed by atoms with Crippen LogP contribution in [0.1, 0.15) is 59.3 Å². The van der Waals surface area contributed by atoms with Crippen LogP contribution in [0.4, 0.5) is 14.6 Å². The molecule has 0 radical (unpaired) electrons. The van der Waals surface area contributed by atoms with Crippen LogP contribution in [0.25, 0.3) is 11.3 Å². The van der Waals surface area contributed by atoms with Gasteiger partial charge in [-0.3, -0.25) is 4.79 Å². The van der Waals surface area contributed by atoms with Crippen LogP contribution in [-0.4, -0.2) is 38.8 Å². The minimum atomic E-state index is -0.905. The number of anilines is 1. The third kappa shape index (κ3) is 5.93. The number of nitrogens with one attached hydrogen (secondary N) is 1. The fraction of sp³-hybridized carbons (Fsp3) is 0.320. The van der Waals surface area contributed by atoms with E-state index in [-0.39, 0.29) is 23.4 Å². The van der Waals surface area contributed by atoms with Crippen LogP contribution in [0.2, 0.25) is 0 Å². The van der Waals surface area contributed by atoms with Crippen LogP contribution in [0.15, 0.2) is 42.6 Å². The van der Waals surface area contributed by atoms with Crippen molar-refractivity contribution in [3.05, 3.63) is 74.6 Å². The zero-order valence-corrected chi connectivity index (χ0v) is 20.9. The number of aliphatic hydroxyl groups excluding tert-OH is 2. The molecular weight excluding hydrogens is 569 g/mol. The average molecular weight is 594 g/mol. The first kappa shape index (κ1) is 25.4. The van der Waals surface area contributed by atoms with Gasteiger partial charge in [0.15, 0.2) is 0 Å². The summed E-state index contributed by atoms with van der Waals surface area (Å²) in [7, 11) is 0. The molecule has 1 fully saturated rings. The Bertz CT molecular complexity index is 1220. The minimum Gasteiger partial charge on any atom is -0.394 e. The lowest BCUT2D eigenvalue weighted by Gasteiger charge is -2.25. The number of nitrogens with two attached hydrogens (primary N) is 1. The van der Waals surface area contributed by atoms with Crippen LogP contribution in [0.3, 0.4) is 0 Å². The lowest BCUT2D eigenvalue weighted by atomic mass is 9.85. The maximum atomic E-state index is 15.0. The number of aromatic nitrogens is 2. The van der Waals surface area contributed by atoms with E-state index in [0.29, 0.717) is 33.2 Å². The number of amides is 1. The predicted molar refractivity (Wildman–Crippen MR) is 135 cm³/mol. The van der Waals surface area contributed by atoms with Gasteiger partial charge in [-0.1, -0.05) is 6.07 Å². The van der Waals surface area contributed by atoms with Crippen molar-refractivity contribution in [1.82, 2.24) is 15.3 Å². The third-order valence-corrected chi connectivity index (χ3v) is 6.82. The van der Waals surface area contributed by atoms with Gasteiger partial charge in [-0.25, -0.2) is 18.7 Å². The smallest absolute Gasteiger partial charge is 0.254 e. The van der Waals surface area contributed by atoms with Crippen molar-refractivity contribution >= 4 is 34.3 Å². The van der Waals surface area contributed by atoms with Crippen LogP contribution in [-0.2, 0) is 0 Å². The normalized spacial score (nSPS) is 18.8. The molecule has 1 amide bonds. The largest absolute Gasteiger partial charge is 0.394 e. The molecule has 1 heterocycles. The van der Waals surface area contributed by atoms with Crippen molar-refractivity contribution < 1.29 is 23.8 Å². The van der Waals surface area contributed by atoms with Gasteiger partial charge in [0.1, 0.15) is 23.1 Å². The van der Waals surface area contributed by atoms with Gasteiger partial charge in [0.2, 0.25) is 0 Å². The summed E-state index contributed by atoms with van der Waals surface area (Å²) in [4.78, 5) is 21.6. The summed E-state index contributed by atoms with van der Waals surface area (Å²) in [5.74, 6) is -1.76. The van der Waals surface area contributed by atoms with Crippen molar-refractivity contribution in [3.8, 4) is 11.3 Å². The first-order chi connectivity index (χ1) is 16.7. The highest BCUT2D eigenvalue weighted by atomic mass is 127. The van der Waals surface area contributed by atoms with Gasteiger partial charge in [0.05, 0.1) is 36.2 Å². The van der Waals surface area contributed by atoms with Crippen LogP contribution in [0, 0.1) is 15.2 Å². The van der Waals surface area contributed by atoms with E-state index in [1.54, 1.807) is 12.3 Å². The van der Waals surface area contributed by atoms with Crippen molar-refractivity contribution in [2.24, 2.45) is 0 Å². The summed E-state index contributed by atoms with van der Waals surface area (Å²) in [5.41, 5.74) is 7.59. The number of carbonyl (C=O) groups excluding carboxylic acids is 1. The fourth-order valence-corrected chi connectivity index (χ4v) is 4.94. The Labute approximate surface area is 214 Å². The summed E-state index contributed by atoms with van der Waals surface area (Å²) in [6.45, 7) is -0.484. The number of carbonyl (C=O) groups is 1. The Balaban J connectivity index is 1.55. The Kier molecular flexibility index (Phi) is 7.92. The molecule has 0 aliphatic heterocycles. The molecule has 35 heavy (non-hydrogen) atoms. The quantitative estimate of drug-likeness (QED) is 0.319. The minimum absolute atomic E-state index is 0.140. The maximum absolute atomic E-state index is 15.0. The molecule has 2 aromatic carbocycles. The average Bonchev–Trinajstić information content (AvgIpc) is 2.82. The molecule has 1 saturated carbocycles. The van der Waals surface area contributed by atoms with Crippen molar-refractivity contribution in [3.63, 3.8) is 0 Å². The summed E-state index contributed by atoms with van der Waals surface area (Å²) < 4.78 is 29.4. The Morgan fingerprint density at radius 3 is 2.57 bits per heavy atom. The standard InChI is InChI=1S/C25H25F2IN4O3/c26-16-7-15(8-17(28)10-16)22(12-33)32-25(35)19-6-3-14(9-20(19)27)23-24(29)30-11-21(31-23)13-1-4-18(34)5-2-13/h3,6-11,13,18,22,33-34H,1-2,4-5,12H2,(H2,29,30)(H,32,35)/t13-,18+,22-/m1/s1. The number of hydrogen-bond acceptors (Lipinski definition) is 6. The molecule has 0 bridgehead atoms. The van der Waals surface area contributed by atoms with Crippen LogP contribution >= 0.6 is 22.6 Å². The summed E-state index contributed by atoms with van der Waals surface area (Å²) in [6.07, 6.45) is 4.26. The number of benzene rings is 2. The monoisotopic (exact) mass is 594 g/mol. The first-order valence-electron chi connectivity index (χ1n) is 11.2. The second kappa shape index (κ2) is 10.9. The van der Waals surface area contributed by atoms with E-state index >= 15 is 0 Å². The second-order valence-corrected chi connectivity index (χ2v) is 9.89. The van der Waals surface area contributed by atoms with E-state index in [4.69, 9.17) is 5.73 Å². The lowest BCUT2D eigenvalue weighted by molar-refractivity contribution is 0.0912.